The van der Waals surface area contributed by atoms with E-state index < -0.39 is 12.3 Å². The van der Waals surface area contributed by atoms with E-state index in [-0.39, 0.29) is 11.7 Å². The highest BCUT2D eigenvalue weighted by molar-refractivity contribution is 5.97. The minimum atomic E-state index is -0.689. The van der Waals surface area contributed by atoms with Crippen LogP contribution in [0.2, 0.25) is 0 Å². The van der Waals surface area contributed by atoms with Crippen molar-refractivity contribution in [3.63, 3.8) is 0 Å². The number of nitrogens with zero attached hydrogens (tertiary/aromatic N) is 3. The summed E-state index contributed by atoms with van der Waals surface area (Å²) >= 11 is 0. The quantitative estimate of drug-likeness (QED) is 0.635. The van der Waals surface area contributed by atoms with Crippen molar-refractivity contribution in [1.29, 1.82) is 0 Å². The highest BCUT2D eigenvalue weighted by Gasteiger charge is 2.36. The molecule has 1 aliphatic rings. The summed E-state index contributed by atoms with van der Waals surface area (Å²) in [4.78, 5) is 18.1. The summed E-state index contributed by atoms with van der Waals surface area (Å²) in [6.45, 7) is 0.465. The smallest absolute Gasteiger partial charge is 0.261 e. The second-order valence-corrected chi connectivity index (χ2v) is 5.04. The standard InChI is InChI=1S/C10H14N4O4Si/c15-7-1-5(3-17-19)18-10(7)14-8-6(2-13-14)9(16)12-4-11-8/h2,4-5,7,10,15H,1,3H2,19H3,(H,11,12,16)/t5-,7+,10+/m0/s1. The third kappa shape index (κ3) is 2.10. The Hall–Kier alpha value is -1.55. The Morgan fingerprint density at radius 1 is 1.68 bits per heavy atom. The molecule has 0 unspecified atom stereocenters. The summed E-state index contributed by atoms with van der Waals surface area (Å²) in [7, 11) is 0.630. The van der Waals surface area contributed by atoms with Crippen LogP contribution in [0.25, 0.3) is 11.0 Å². The van der Waals surface area contributed by atoms with Gasteiger partial charge in [0.15, 0.2) is 11.9 Å². The van der Waals surface area contributed by atoms with E-state index in [9.17, 15) is 9.90 Å². The van der Waals surface area contributed by atoms with Crippen LogP contribution in [0.5, 0.6) is 0 Å². The molecule has 1 saturated heterocycles. The lowest BCUT2D eigenvalue weighted by Crippen LogP contribution is -2.21. The molecule has 0 bridgehead atoms. The third-order valence-corrected chi connectivity index (χ3v) is 3.49. The molecule has 0 spiro atoms. The predicted molar refractivity (Wildman–Crippen MR) is 68.6 cm³/mol. The Balaban J connectivity index is 1.97. The summed E-state index contributed by atoms with van der Waals surface area (Å²) in [5.74, 6) is 0. The summed E-state index contributed by atoms with van der Waals surface area (Å²) in [6.07, 6.45) is 1.74. The fourth-order valence-electron chi connectivity index (χ4n) is 2.30. The van der Waals surface area contributed by atoms with Crippen molar-refractivity contribution < 1.29 is 14.3 Å². The molecule has 102 valence electrons. The van der Waals surface area contributed by atoms with Crippen LogP contribution < -0.4 is 5.56 Å². The molecular formula is C10H14N4O4Si. The molecule has 2 aromatic heterocycles. The minimum Gasteiger partial charge on any atom is -0.425 e. The number of aliphatic hydroxyl groups excluding tert-OH is 1. The molecule has 3 atom stereocenters. The van der Waals surface area contributed by atoms with E-state index in [1.165, 1.54) is 17.2 Å². The van der Waals surface area contributed by atoms with Gasteiger partial charge in [0.2, 0.25) is 0 Å². The first-order valence-electron chi connectivity index (χ1n) is 5.94. The first-order chi connectivity index (χ1) is 9.20. The van der Waals surface area contributed by atoms with Gasteiger partial charge in [0.05, 0.1) is 25.2 Å². The number of aliphatic hydroxyl groups is 1. The molecular weight excluding hydrogens is 268 g/mol. The predicted octanol–water partition coefficient (Wildman–Crippen LogP) is -1.94. The molecule has 3 rings (SSSR count). The van der Waals surface area contributed by atoms with Gasteiger partial charge < -0.3 is 19.3 Å². The first kappa shape index (κ1) is 12.5. The van der Waals surface area contributed by atoms with Crippen LogP contribution >= 0.6 is 0 Å². The second kappa shape index (κ2) is 4.85. The molecule has 19 heavy (non-hydrogen) atoms. The van der Waals surface area contributed by atoms with Crippen molar-refractivity contribution in [3.8, 4) is 0 Å². The van der Waals surface area contributed by atoms with Crippen LogP contribution in [-0.2, 0) is 9.16 Å². The number of hydrogen-bond acceptors (Lipinski definition) is 6. The van der Waals surface area contributed by atoms with E-state index in [4.69, 9.17) is 9.16 Å². The van der Waals surface area contributed by atoms with Crippen LogP contribution in [-0.4, -0.2) is 54.2 Å². The van der Waals surface area contributed by atoms with Gasteiger partial charge in [-0.15, -0.1) is 0 Å². The van der Waals surface area contributed by atoms with Gasteiger partial charge in [-0.2, -0.15) is 5.10 Å². The van der Waals surface area contributed by atoms with E-state index in [2.05, 4.69) is 15.1 Å². The fraction of sp³-hybridized carbons (Fsp3) is 0.500. The van der Waals surface area contributed by atoms with Crippen molar-refractivity contribution in [3.05, 3.63) is 22.9 Å². The van der Waals surface area contributed by atoms with Crippen molar-refractivity contribution >= 4 is 21.5 Å². The van der Waals surface area contributed by atoms with Crippen molar-refractivity contribution in [2.75, 3.05) is 6.61 Å². The largest absolute Gasteiger partial charge is 0.425 e. The van der Waals surface area contributed by atoms with Crippen LogP contribution in [0.1, 0.15) is 12.6 Å². The van der Waals surface area contributed by atoms with Gasteiger partial charge in [0.1, 0.15) is 22.0 Å². The number of ether oxygens (including phenoxy) is 1. The molecule has 0 radical (unpaired) electrons. The highest BCUT2D eigenvalue weighted by Crippen LogP contribution is 2.29. The summed E-state index contributed by atoms with van der Waals surface area (Å²) < 4.78 is 12.3. The van der Waals surface area contributed by atoms with Gasteiger partial charge in [-0.25, -0.2) is 9.67 Å². The zero-order chi connectivity index (χ0) is 13.4. The van der Waals surface area contributed by atoms with Gasteiger partial charge >= 0.3 is 0 Å². The Bertz CT molecular complexity index is 642. The Morgan fingerprint density at radius 3 is 3.32 bits per heavy atom. The molecule has 1 aliphatic heterocycles. The highest BCUT2D eigenvalue weighted by atomic mass is 28.2. The average Bonchev–Trinajstić information content (AvgIpc) is 2.94. The van der Waals surface area contributed by atoms with Gasteiger partial charge in [0.25, 0.3) is 5.56 Å². The topological polar surface area (TPSA) is 102 Å². The zero-order valence-electron chi connectivity index (χ0n) is 10.3. The molecule has 0 amide bonds. The van der Waals surface area contributed by atoms with Crippen molar-refractivity contribution in [2.45, 2.75) is 24.9 Å². The second-order valence-electron chi connectivity index (χ2n) is 4.47. The maximum atomic E-state index is 11.6. The number of aromatic amines is 1. The molecule has 2 aromatic rings. The van der Waals surface area contributed by atoms with Gasteiger partial charge in [-0.1, -0.05) is 0 Å². The molecule has 8 nitrogen and oxygen atoms in total. The van der Waals surface area contributed by atoms with Crippen LogP contribution in [0.15, 0.2) is 17.3 Å². The number of aromatic nitrogens is 4. The summed E-state index contributed by atoms with van der Waals surface area (Å²) in [6, 6.07) is 0. The minimum absolute atomic E-state index is 0.154. The summed E-state index contributed by atoms with van der Waals surface area (Å²) in [5.41, 5.74) is 0.142. The van der Waals surface area contributed by atoms with E-state index >= 15 is 0 Å². The van der Waals surface area contributed by atoms with Gasteiger partial charge in [0, 0.05) is 6.42 Å². The average molecular weight is 282 g/mol. The maximum Gasteiger partial charge on any atom is 0.261 e. The molecule has 0 aromatic carbocycles. The first-order valence-corrected chi connectivity index (χ1v) is 6.75. The van der Waals surface area contributed by atoms with Crippen LogP contribution in [0, 0.1) is 0 Å². The number of hydrogen-bond donors (Lipinski definition) is 2. The van der Waals surface area contributed by atoms with Crippen molar-refractivity contribution in [1.82, 2.24) is 19.7 Å². The lowest BCUT2D eigenvalue weighted by Gasteiger charge is -2.15. The monoisotopic (exact) mass is 282 g/mol. The zero-order valence-corrected chi connectivity index (χ0v) is 12.3. The molecule has 3 heterocycles. The fourth-order valence-corrected chi connectivity index (χ4v) is 2.68. The molecule has 0 saturated carbocycles. The maximum absolute atomic E-state index is 11.6. The van der Waals surface area contributed by atoms with E-state index in [1.807, 2.05) is 0 Å². The lowest BCUT2D eigenvalue weighted by atomic mass is 10.2. The van der Waals surface area contributed by atoms with Crippen LogP contribution in [0.3, 0.4) is 0 Å². The van der Waals surface area contributed by atoms with Crippen LogP contribution in [0.4, 0.5) is 0 Å². The van der Waals surface area contributed by atoms with E-state index in [0.717, 1.165) is 0 Å². The van der Waals surface area contributed by atoms with Gasteiger partial charge in [-0.05, 0) is 0 Å². The third-order valence-electron chi connectivity index (χ3n) is 3.16. The lowest BCUT2D eigenvalue weighted by molar-refractivity contribution is -0.0515. The Labute approximate surface area is 110 Å². The van der Waals surface area contributed by atoms with E-state index in [0.29, 0.717) is 34.5 Å². The van der Waals surface area contributed by atoms with E-state index in [1.54, 1.807) is 0 Å². The van der Waals surface area contributed by atoms with Crippen molar-refractivity contribution in [2.24, 2.45) is 0 Å². The number of H-pyrrole nitrogens is 1. The molecule has 1 fully saturated rings. The number of rotatable bonds is 3. The molecule has 0 aliphatic carbocycles. The SMILES string of the molecule is O=c1[nH]cnc2c1cnn2[C@@H]1O[C@H](CO[SiH3])C[C@H]1O. The number of fused-ring (bicyclic) bond motifs is 1. The number of nitrogens with one attached hydrogen (secondary N) is 1. The summed E-state index contributed by atoms with van der Waals surface area (Å²) in [5, 5.41) is 14.5. The molecule has 2 N–H and O–H groups in total. The Kier molecular flexibility index (Phi) is 3.19. The Morgan fingerprint density at radius 2 is 2.53 bits per heavy atom. The normalized spacial score (nSPS) is 27.3. The molecule has 9 heteroatoms. The van der Waals surface area contributed by atoms with Gasteiger partial charge in [-0.3, -0.25) is 4.79 Å².